The molecule has 0 heterocycles. The van der Waals surface area contributed by atoms with Crippen LogP contribution in [0.4, 0.5) is 0 Å². The van der Waals surface area contributed by atoms with Gasteiger partial charge in [0.1, 0.15) is 0 Å². The van der Waals surface area contributed by atoms with Crippen LogP contribution in [0.3, 0.4) is 0 Å². The smallest absolute Gasteiger partial charge is 0.319 e. The second kappa shape index (κ2) is 6.34. The summed E-state index contributed by atoms with van der Waals surface area (Å²) in [6.07, 6.45) is 0.929. The molecule has 0 aromatic heterocycles. The molecule has 0 unspecified atom stereocenters. The van der Waals surface area contributed by atoms with Gasteiger partial charge in [-0.15, -0.1) is 0 Å². The van der Waals surface area contributed by atoms with Gasteiger partial charge in [0.25, 0.3) is 0 Å². The number of carbonyl (C=O) groups is 1. The van der Waals surface area contributed by atoms with Crippen molar-refractivity contribution in [3.8, 4) is 0 Å². The van der Waals surface area contributed by atoms with Gasteiger partial charge in [-0.1, -0.05) is 42.5 Å². The molecule has 0 aliphatic rings. The molecule has 2 aromatic rings. The summed E-state index contributed by atoms with van der Waals surface area (Å²) in [6, 6.07) is 14.8. The van der Waals surface area contributed by atoms with E-state index in [2.05, 4.69) is 41.1 Å². The van der Waals surface area contributed by atoms with Crippen LogP contribution >= 0.6 is 0 Å². The molecule has 100 valence electrons. The van der Waals surface area contributed by atoms with Gasteiger partial charge in [0, 0.05) is 6.54 Å². The molecule has 0 spiro atoms. The number of benzene rings is 2. The number of likely N-dealkylation sites (N-methyl/N-ethyl adjacent to an activating group) is 1. The summed E-state index contributed by atoms with van der Waals surface area (Å²) in [5.74, 6) is -0.194. The van der Waals surface area contributed by atoms with Crippen molar-refractivity contribution in [1.29, 1.82) is 0 Å². The molecular formula is C16H19NO2. The topological polar surface area (TPSA) is 29.5 Å². The molecule has 0 N–H and O–H groups in total. The van der Waals surface area contributed by atoms with Crippen LogP contribution in [0.25, 0.3) is 10.8 Å². The lowest BCUT2D eigenvalue weighted by molar-refractivity contribution is -0.141. The summed E-state index contributed by atoms with van der Waals surface area (Å²) in [6.45, 7) is 1.18. The Hall–Kier alpha value is -1.87. The van der Waals surface area contributed by atoms with Gasteiger partial charge in [-0.3, -0.25) is 9.69 Å². The zero-order valence-corrected chi connectivity index (χ0v) is 11.4. The molecule has 2 rings (SSSR count). The molecule has 0 atom stereocenters. The summed E-state index contributed by atoms with van der Waals surface area (Å²) in [5.41, 5.74) is 1.29. The highest BCUT2D eigenvalue weighted by Crippen LogP contribution is 2.16. The molecular weight excluding hydrogens is 238 g/mol. The molecule has 0 radical (unpaired) electrons. The van der Waals surface area contributed by atoms with E-state index in [0.717, 1.165) is 13.0 Å². The van der Waals surface area contributed by atoms with E-state index in [0.29, 0.717) is 6.54 Å². The van der Waals surface area contributed by atoms with Gasteiger partial charge in [0.15, 0.2) is 0 Å². The van der Waals surface area contributed by atoms with E-state index in [1.54, 1.807) is 0 Å². The maximum Gasteiger partial charge on any atom is 0.319 e. The molecule has 0 saturated carbocycles. The highest BCUT2D eigenvalue weighted by molar-refractivity contribution is 5.83. The second-order valence-corrected chi connectivity index (χ2v) is 4.75. The van der Waals surface area contributed by atoms with E-state index in [4.69, 9.17) is 0 Å². The highest BCUT2D eigenvalue weighted by atomic mass is 16.5. The summed E-state index contributed by atoms with van der Waals surface area (Å²) in [7, 11) is 3.34. The first kappa shape index (κ1) is 13.6. The monoisotopic (exact) mass is 257 g/mol. The number of esters is 1. The fourth-order valence-corrected chi connectivity index (χ4v) is 2.08. The zero-order valence-electron chi connectivity index (χ0n) is 11.4. The minimum absolute atomic E-state index is 0.194. The number of carbonyl (C=O) groups excluding carboxylic acids is 1. The number of hydrogen-bond acceptors (Lipinski definition) is 3. The van der Waals surface area contributed by atoms with Gasteiger partial charge < -0.3 is 4.74 Å². The van der Waals surface area contributed by atoms with Crippen LogP contribution in [0.1, 0.15) is 5.56 Å². The normalized spacial score (nSPS) is 10.9. The Bertz CT molecular complexity index is 565. The summed E-state index contributed by atoms with van der Waals surface area (Å²) in [5, 5.41) is 2.52. The van der Waals surface area contributed by atoms with Crippen LogP contribution in [0, 0.1) is 0 Å². The van der Waals surface area contributed by atoms with Crippen LogP contribution in [-0.4, -0.2) is 38.1 Å². The Morgan fingerprint density at radius 1 is 1.16 bits per heavy atom. The van der Waals surface area contributed by atoms with Gasteiger partial charge in [0.05, 0.1) is 13.7 Å². The number of fused-ring (bicyclic) bond motifs is 1. The Labute approximate surface area is 113 Å². The minimum Gasteiger partial charge on any atom is -0.468 e. The third-order valence-corrected chi connectivity index (χ3v) is 3.22. The third kappa shape index (κ3) is 3.80. The molecule has 2 aromatic carbocycles. The first-order valence-electron chi connectivity index (χ1n) is 6.42. The van der Waals surface area contributed by atoms with Crippen LogP contribution in [-0.2, 0) is 16.0 Å². The van der Waals surface area contributed by atoms with Crippen molar-refractivity contribution in [1.82, 2.24) is 4.90 Å². The Kier molecular flexibility index (Phi) is 4.53. The number of hydrogen-bond donors (Lipinski definition) is 0. The maximum absolute atomic E-state index is 11.1. The standard InChI is InChI=1S/C16H19NO2/c1-17(12-16(18)19-2)10-9-13-7-8-14-5-3-4-6-15(14)11-13/h3-8,11H,9-10,12H2,1-2H3. The lowest BCUT2D eigenvalue weighted by Crippen LogP contribution is -2.28. The zero-order chi connectivity index (χ0) is 13.7. The highest BCUT2D eigenvalue weighted by Gasteiger charge is 2.06. The predicted octanol–water partition coefficient (Wildman–Crippen LogP) is 2.49. The predicted molar refractivity (Wildman–Crippen MR) is 77.2 cm³/mol. The Morgan fingerprint density at radius 3 is 2.63 bits per heavy atom. The quantitative estimate of drug-likeness (QED) is 0.771. The largest absolute Gasteiger partial charge is 0.468 e. The number of nitrogens with zero attached hydrogens (tertiary/aromatic N) is 1. The first-order valence-corrected chi connectivity index (χ1v) is 6.42. The van der Waals surface area contributed by atoms with Crippen LogP contribution in [0.2, 0.25) is 0 Å². The van der Waals surface area contributed by atoms with Gasteiger partial charge in [-0.25, -0.2) is 0 Å². The van der Waals surface area contributed by atoms with Crippen LogP contribution in [0.15, 0.2) is 42.5 Å². The maximum atomic E-state index is 11.1. The van der Waals surface area contributed by atoms with Gasteiger partial charge in [-0.2, -0.15) is 0 Å². The van der Waals surface area contributed by atoms with Crippen molar-refractivity contribution < 1.29 is 9.53 Å². The molecule has 0 saturated heterocycles. The third-order valence-electron chi connectivity index (χ3n) is 3.22. The van der Waals surface area contributed by atoms with Crippen LogP contribution < -0.4 is 0 Å². The molecule has 19 heavy (non-hydrogen) atoms. The number of ether oxygens (including phenoxy) is 1. The fraction of sp³-hybridized carbons (Fsp3) is 0.312. The summed E-state index contributed by atoms with van der Waals surface area (Å²) in [4.78, 5) is 13.1. The minimum atomic E-state index is -0.194. The Balaban J connectivity index is 1.96. The van der Waals surface area contributed by atoms with Crippen molar-refractivity contribution in [2.45, 2.75) is 6.42 Å². The van der Waals surface area contributed by atoms with Gasteiger partial charge >= 0.3 is 5.97 Å². The first-order chi connectivity index (χ1) is 9.19. The summed E-state index contributed by atoms with van der Waals surface area (Å²) < 4.78 is 4.65. The van der Waals surface area contributed by atoms with E-state index in [-0.39, 0.29) is 5.97 Å². The van der Waals surface area contributed by atoms with E-state index in [9.17, 15) is 4.79 Å². The van der Waals surface area contributed by atoms with Crippen molar-refractivity contribution in [2.75, 3.05) is 27.2 Å². The molecule has 0 bridgehead atoms. The van der Waals surface area contributed by atoms with E-state index in [1.807, 2.05) is 18.0 Å². The fourth-order valence-electron chi connectivity index (χ4n) is 2.08. The van der Waals surface area contributed by atoms with Gasteiger partial charge in [-0.05, 0) is 29.8 Å². The van der Waals surface area contributed by atoms with Crippen molar-refractivity contribution in [3.63, 3.8) is 0 Å². The van der Waals surface area contributed by atoms with Crippen LogP contribution in [0.5, 0.6) is 0 Å². The average molecular weight is 257 g/mol. The SMILES string of the molecule is COC(=O)CN(C)CCc1ccc2ccccc2c1. The van der Waals surface area contributed by atoms with Crippen molar-refractivity contribution in [3.05, 3.63) is 48.0 Å². The Morgan fingerprint density at radius 2 is 1.89 bits per heavy atom. The van der Waals surface area contributed by atoms with Crippen molar-refractivity contribution in [2.24, 2.45) is 0 Å². The molecule has 0 fully saturated rings. The molecule has 0 amide bonds. The lowest BCUT2D eigenvalue weighted by atomic mass is 10.1. The second-order valence-electron chi connectivity index (χ2n) is 4.75. The average Bonchev–Trinajstić information content (AvgIpc) is 2.44. The molecule has 3 nitrogen and oxygen atoms in total. The number of methoxy groups -OCH3 is 1. The number of rotatable bonds is 5. The molecule has 0 aliphatic heterocycles. The molecule has 3 heteroatoms. The lowest BCUT2D eigenvalue weighted by Gasteiger charge is -2.15. The summed E-state index contributed by atoms with van der Waals surface area (Å²) >= 11 is 0. The van der Waals surface area contributed by atoms with E-state index in [1.165, 1.54) is 23.4 Å². The molecule has 0 aliphatic carbocycles. The van der Waals surface area contributed by atoms with Gasteiger partial charge in [0.2, 0.25) is 0 Å². The van der Waals surface area contributed by atoms with E-state index >= 15 is 0 Å². The van der Waals surface area contributed by atoms with E-state index < -0.39 is 0 Å². The van der Waals surface area contributed by atoms with Crippen molar-refractivity contribution >= 4 is 16.7 Å².